The van der Waals surface area contributed by atoms with Crippen molar-refractivity contribution in [1.82, 2.24) is 14.8 Å². The number of carbonyl (C=O) groups is 1. The normalized spacial score (nSPS) is 23.0. The minimum absolute atomic E-state index is 0.0761. The largest absolute Gasteiger partial charge is 0.478 e. The monoisotopic (exact) mass is 590 g/mol. The molecule has 9 nitrogen and oxygen atoms in total. The molecule has 39 heavy (non-hydrogen) atoms. The molecule has 0 aliphatic heterocycles. The molecule has 206 valence electrons. The molecule has 2 aliphatic carbocycles. The summed E-state index contributed by atoms with van der Waals surface area (Å²) in [5.41, 5.74) is 2.13. The number of aromatic carboxylic acids is 1. The standard InChI is InChI=1S/C27H28Cl2N4O5S/c1-2-19(28)24(20(29)13-31-37)33-22(18(12-30-33)15-3-4-15)14-38-17-7-9-27(36,10-8-17)26-32-21-6-5-16(25(34)35)11-23(21)39-26/h2,5-6,11-13,15,17,36-37H,3-4,7-10,14H2,1H3,(H,34,35)/b19-2+,24-20-,31-13+. The van der Waals surface area contributed by atoms with E-state index in [0.717, 1.165) is 35.0 Å². The van der Waals surface area contributed by atoms with Crippen molar-refractivity contribution in [3.05, 3.63) is 62.4 Å². The lowest BCUT2D eigenvalue weighted by atomic mass is 9.83. The third kappa shape index (κ3) is 5.76. The number of aliphatic hydroxyl groups is 1. The highest BCUT2D eigenvalue weighted by Crippen LogP contribution is 2.44. The average molecular weight is 592 g/mol. The Bertz CT molecular complexity index is 1480. The third-order valence-electron chi connectivity index (χ3n) is 7.26. The number of rotatable bonds is 9. The third-order valence-corrected chi connectivity index (χ3v) is 9.14. The quantitative estimate of drug-likeness (QED) is 0.113. The summed E-state index contributed by atoms with van der Waals surface area (Å²) in [7, 11) is 0. The Morgan fingerprint density at radius 2 is 2.03 bits per heavy atom. The van der Waals surface area contributed by atoms with Crippen molar-refractivity contribution in [3.8, 4) is 0 Å². The number of benzene rings is 1. The van der Waals surface area contributed by atoms with E-state index in [-0.39, 0.29) is 23.3 Å². The second kappa shape index (κ2) is 11.4. The van der Waals surface area contributed by atoms with Crippen LogP contribution < -0.4 is 0 Å². The summed E-state index contributed by atoms with van der Waals surface area (Å²) in [6.07, 6.45) is 8.93. The minimum Gasteiger partial charge on any atom is -0.478 e. The van der Waals surface area contributed by atoms with Crippen molar-refractivity contribution in [1.29, 1.82) is 0 Å². The molecule has 12 heteroatoms. The van der Waals surface area contributed by atoms with Crippen molar-refractivity contribution < 1.29 is 25.0 Å². The van der Waals surface area contributed by atoms with Crippen molar-refractivity contribution >= 4 is 62.6 Å². The number of hydrogen-bond acceptors (Lipinski definition) is 8. The fraction of sp³-hybridized carbons (Fsp3) is 0.407. The van der Waals surface area contributed by atoms with E-state index in [0.29, 0.717) is 52.9 Å². The highest BCUT2D eigenvalue weighted by atomic mass is 35.5. The number of halogens is 2. The van der Waals surface area contributed by atoms with Gasteiger partial charge < -0.3 is 20.2 Å². The van der Waals surface area contributed by atoms with Gasteiger partial charge in [-0.2, -0.15) is 5.10 Å². The number of carboxylic acid groups (broad SMARTS) is 1. The van der Waals surface area contributed by atoms with Gasteiger partial charge in [-0.25, -0.2) is 14.5 Å². The van der Waals surface area contributed by atoms with E-state index in [1.807, 2.05) is 6.20 Å². The van der Waals surface area contributed by atoms with Crippen LogP contribution in [0.1, 0.15) is 78.0 Å². The van der Waals surface area contributed by atoms with E-state index >= 15 is 0 Å². The van der Waals surface area contributed by atoms with Gasteiger partial charge in [0.1, 0.15) is 16.3 Å². The maximum atomic E-state index is 11.4. The zero-order chi connectivity index (χ0) is 27.7. The first-order valence-electron chi connectivity index (χ1n) is 12.7. The molecule has 0 saturated heterocycles. The molecule has 2 saturated carbocycles. The molecule has 2 aromatic heterocycles. The van der Waals surface area contributed by atoms with Gasteiger partial charge in [-0.1, -0.05) is 34.4 Å². The summed E-state index contributed by atoms with van der Waals surface area (Å²) in [6.45, 7) is 2.07. The highest BCUT2D eigenvalue weighted by molar-refractivity contribution is 7.18. The smallest absolute Gasteiger partial charge is 0.335 e. The lowest BCUT2D eigenvalue weighted by molar-refractivity contribution is -0.0648. The van der Waals surface area contributed by atoms with Gasteiger partial charge in [-0.05, 0) is 75.1 Å². The van der Waals surface area contributed by atoms with Gasteiger partial charge in [-0.15, -0.1) is 11.3 Å². The van der Waals surface area contributed by atoms with Gasteiger partial charge in [-0.3, -0.25) is 0 Å². The number of hydrogen-bond donors (Lipinski definition) is 3. The predicted molar refractivity (Wildman–Crippen MR) is 151 cm³/mol. The van der Waals surface area contributed by atoms with Crippen LogP contribution in [0.15, 0.2) is 45.7 Å². The van der Waals surface area contributed by atoms with Crippen LogP contribution in [0.5, 0.6) is 0 Å². The summed E-state index contributed by atoms with van der Waals surface area (Å²) >= 11 is 14.2. The Hall–Kier alpha value is -2.76. The molecule has 3 N–H and O–H groups in total. The highest BCUT2D eigenvalue weighted by Gasteiger charge is 2.38. The van der Waals surface area contributed by atoms with Gasteiger partial charge in [0, 0.05) is 0 Å². The molecule has 5 rings (SSSR count). The molecule has 2 aliphatic rings. The Balaban J connectivity index is 1.31. The second-order valence-corrected chi connectivity index (χ2v) is 11.7. The number of allylic oxidation sites excluding steroid dienone is 4. The molecular formula is C27H28Cl2N4O5S. The van der Waals surface area contributed by atoms with Crippen LogP contribution in [0.4, 0.5) is 0 Å². The van der Waals surface area contributed by atoms with E-state index < -0.39 is 11.6 Å². The number of oxime groups is 1. The van der Waals surface area contributed by atoms with Crippen molar-refractivity contribution in [2.75, 3.05) is 0 Å². The van der Waals surface area contributed by atoms with E-state index in [1.54, 1.807) is 29.8 Å². The van der Waals surface area contributed by atoms with Crippen LogP contribution in [0.25, 0.3) is 15.9 Å². The number of fused-ring (bicyclic) bond motifs is 1. The molecule has 0 atom stereocenters. The van der Waals surface area contributed by atoms with E-state index in [4.69, 9.17) is 33.1 Å². The first kappa shape index (κ1) is 27.8. The van der Waals surface area contributed by atoms with Gasteiger partial charge in [0.05, 0.1) is 56.7 Å². The zero-order valence-electron chi connectivity index (χ0n) is 21.2. The van der Waals surface area contributed by atoms with Crippen LogP contribution in [0.3, 0.4) is 0 Å². The van der Waals surface area contributed by atoms with Crippen LogP contribution in [-0.4, -0.2) is 48.5 Å². The van der Waals surface area contributed by atoms with Crippen LogP contribution in [0, 0.1) is 0 Å². The first-order chi connectivity index (χ1) is 18.7. The number of aromatic nitrogens is 3. The average Bonchev–Trinajstić information content (AvgIpc) is 3.54. The molecule has 0 bridgehead atoms. The summed E-state index contributed by atoms with van der Waals surface area (Å²) in [5.74, 6) is -0.584. The van der Waals surface area contributed by atoms with E-state index in [1.165, 1.54) is 17.4 Å². The van der Waals surface area contributed by atoms with Crippen molar-refractivity contribution in [2.45, 2.75) is 69.7 Å². The molecule has 0 unspecified atom stereocenters. The molecule has 2 fully saturated rings. The lowest BCUT2D eigenvalue weighted by Crippen LogP contribution is -2.34. The maximum absolute atomic E-state index is 11.4. The van der Waals surface area contributed by atoms with Gasteiger partial charge >= 0.3 is 5.97 Å². The molecule has 0 radical (unpaired) electrons. The Morgan fingerprint density at radius 1 is 1.28 bits per heavy atom. The molecule has 1 aromatic carbocycles. The number of carboxylic acids is 1. The zero-order valence-corrected chi connectivity index (χ0v) is 23.5. The van der Waals surface area contributed by atoms with Crippen molar-refractivity contribution in [3.63, 3.8) is 0 Å². The number of nitrogens with zero attached hydrogens (tertiary/aromatic N) is 4. The van der Waals surface area contributed by atoms with E-state index in [2.05, 4.69) is 15.2 Å². The SMILES string of the molecule is C\C=C(Cl)/C(=C(Cl)\C=N\O)n1ncc(C2CC2)c1COC1CCC(O)(c2nc3ccc(C(=O)O)cc3s2)CC1. The Morgan fingerprint density at radius 3 is 2.67 bits per heavy atom. The summed E-state index contributed by atoms with van der Waals surface area (Å²) in [6, 6.07) is 4.80. The fourth-order valence-corrected chi connectivity index (χ4v) is 6.53. The molecule has 3 aromatic rings. The molecule has 0 spiro atoms. The second-order valence-electron chi connectivity index (χ2n) is 9.86. The molecular weight excluding hydrogens is 563 g/mol. The Kier molecular flexibility index (Phi) is 8.11. The van der Waals surface area contributed by atoms with Gasteiger partial charge in [0.25, 0.3) is 0 Å². The summed E-state index contributed by atoms with van der Waals surface area (Å²) < 4.78 is 8.75. The lowest BCUT2D eigenvalue weighted by Gasteiger charge is -2.34. The summed E-state index contributed by atoms with van der Waals surface area (Å²) in [4.78, 5) is 15.9. The van der Waals surface area contributed by atoms with Crippen LogP contribution in [-0.2, 0) is 16.9 Å². The van der Waals surface area contributed by atoms with E-state index in [9.17, 15) is 15.0 Å². The Labute approximate surface area is 239 Å². The first-order valence-corrected chi connectivity index (χ1v) is 14.3. The van der Waals surface area contributed by atoms with Crippen molar-refractivity contribution in [2.24, 2.45) is 5.16 Å². The predicted octanol–water partition coefficient (Wildman–Crippen LogP) is 6.43. The number of ether oxygens (including phenoxy) is 1. The minimum atomic E-state index is -1.08. The van der Waals surface area contributed by atoms with Crippen LogP contribution >= 0.6 is 34.5 Å². The summed E-state index contributed by atoms with van der Waals surface area (Å²) in [5, 5.41) is 38.4. The van der Waals surface area contributed by atoms with Gasteiger partial charge in [0.15, 0.2) is 0 Å². The topological polar surface area (TPSA) is 130 Å². The fourth-order valence-electron chi connectivity index (χ4n) is 4.93. The maximum Gasteiger partial charge on any atom is 0.335 e. The number of thiazole rings is 1. The molecule has 2 heterocycles. The van der Waals surface area contributed by atoms with Crippen LogP contribution in [0.2, 0.25) is 0 Å². The molecule has 0 amide bonds. The van der Waals surface area contributed by atoms with Gasteiger partial charge in [0.2, 0.25) is 0 Å².